The van der Waals surface area contributed by atoms with Crippen molar-refractivity contribution in [3.05, 3.63) is 59.2 Å². The van der Waals surface area contributed by atoms with Crippen LogP contribution in [0.2, 0.25) is 0 Å². The first-order chi connectivity index (χ1) is 8.20. The molecule has 1 aliphatic carbocycles. The molecule has 0 heterocycles. The first-order valence-electron chi connectivity index (χ1n) is 5.40. The van der Waals surface area contributed by atoms with Crippen LogP contribution in [0.1, 0.15) is 27.6 Å². The van der Waals surface area contributed by atoms with Crippen LogP contribution in [-0.2, 0) is 0 Å². The van der Waals surface area contributed by atoms with Crippen molar-refractivity contribution in [3.63, 3.8) is 0 Å². The average Bonchev–Trinajstić information content (AvgIpc) is 2.64. The van der Waals surface area contributed by atoms with Crippen molar-refractivity contribution < 1.29 is 9.90 Å². The summed E-state index contributed by atoms with van der Waals surface area (Å²) >= 11 is 0. The Balaban J connectivity index is 2.34. The number of nitrogens with two attached hydrogens (primary N) is 1. The topological polar surface area (TPSA) is 63.3 Å². The van der Waals surface area contributed by atoms with E-state index in [0.717, 1.165) is 16.7 Å². The van der Waals surface area contributed by atoms with Crippen molar-refractivity contribution in [2.45, 2.75) is 6.10 Å². The SMILES string of the molecule is NC(=O)c1cccc2c1C(O)c1ccccc1-2. The number of carbonyl (C=O) groups is 1. The minimum Gasteiger partial charge on any atom is -0.384 e. The Hall–Kier alpha value is -2.13. The Bertz CT molecular complexity index is 619. The second-order valence-electron chi connectivity index (χ2n) is 4.12. The molecule has 17 heavy (non-hydrogen) atoms. The first-order valence-corrected chi connectivity index (χ1v) is 5.40. The van der Waals surface area contributed by atoms with Gasteiger partial charge in [-0.1, -0.05) is 36.4 Å². The van der Waals surface area contributed by atoms with Gasteiger partial charge in [0.05, 0.1) is 0 Å². The molecule has 0 aliphatic heterocycles. The van der Waals surface area contributed by atoms with Gasteiger partial charge in [-0.3, -0.25) is 4.79 Å². The normalized spacial score (nSPS) is 16.4. The van der Waals surface area contributed by atoms with Crippen LogP contribution in [0.15, 0.2) is 42.5 Å². The third-order valence-corrected chi connectivity index (χ3v) is 3.19. The van der Waals surface area contributed by atoms with Crippen LogP contribution in [-0.4, -0.2) is 11.0 Å². The van der Waals surface area contributed by atoms with Crippen LogP contribution in [0.5, 0.6) is 0 Å². The van der Waals surface area contributed by atoms with Crippen molar-refractivity contribution in [1.82, 2.24) is 0 Å². The smallest absolute Gasteiger partial charge is 0.249 e. The number of hydrogen-bond acceptors (Lipinski definition) is 2. The van der Waals surface area contributed by atoms with Crippen LogP contribution in [0, 0.1) is 0 Å². The number of aliphatic hydroxyl groups excluding tert-OH is 1. The van der Waals surface area contributed by atoms with Gasteiger partial charge in [-0.15, -0.1) is 0 Å². The van der Waals surface area contributed by atoms with E-state index in [2.05, 4.69) is 0 Å². The molecule has 0 aromatic heterocycles. The van der Waals surface area contributed by atoms with Gasteiger partial charge >= 0.3 is 0 Å². The van der Waals surface area contributed by atoms with Gasteiger partial charge in [0.1, 0.15) is 6.10 Å². The second kappa shape index (κ2) is 3.43. The fourth-order valence-electron chi connectivity index (χ4n) is 2.45. The van der Waals surface area contributed by atoms with E-state index in [4.69, 9.17) is 5.73 Å². The number of rotatable bonds is 1. The van der Waals surface area contributed by atoms with E-state index in [1.165, 1.54) is 0 Å². The predicted octanol–water partition coefficient (Wildman–Crippen LogP) is 1.85. The number of carbonyl (C=O) groups excluding carboxylic acids is 1. The lowest BCUT2D eigenvalue weighted by Gasteiger charge is -2.09. The Morgan fingerprint density at radius 1 is 1.06 bits per heavy atom. The zero-order valence-corrected chi connectivity index (χ0v) is 9.05. The predicted molar refractivity (Wildman–Crippen MR) is 64.5 cm³/mol. The van der Waals surface area contributed by atoms with E-state index in [9.17, 15) is 9.90 Å². The summed E-state index contributed by atoms with van der Waals surface area (Å²) in [5, 5.41) is 10.3. The molecule has 3 rings (SSSR count). The highest BCUT2D eigenvalue weighted by Gasteiger charge is 2.30. The molecule has 3 N–H and O–H groups in total. The molecule has 0 bridgehead atoms. The summed E-state index contributed by atoms with van der Waals surface area (Å²) < 4.78 is 0. The Kier molecular flexibility index (Phi) is 2.03. The highest BCUT2D eigenvalue weighted by atomic mass is 16.3. The monoisotopic (exact) mass is 225 g/mol. The van der Waals surface area contributed by atoms with E-state index in [0.29, 0.717) is 11.1 Å². The summed E-state index contributed by atoms with van der Waals surface area (Å²) in [5.74, 6) is -0.506. The third kappa shape index (κ3) is 1.29. The molecule has 1 atom stereocenters. The molecule has 1 aliphatic rings. The highest BCUT2D eigenvalue weighted by molar-refractivity contribution is 5.98. The molecule has 3 nitrogen and oxygen atoms in total. The van der Waals surface area contributed by atoms with Crippen molar-refractivity contribution in [3.8, 4) is 11.1 Å². The fraction of sp³-hybridized carbons (Fsp3) is 0.0714. The molecule has 0 radical (unpaired) electrons. The Labute approximate surface area is 98.5 Å². The van der Waals surface area contributed by atoms with Crippen molar-refractivity contribution >= 4 is 5.91 Å². The molecule has 3 heteroatoms. The zero-order valence-electron chi connectivity index (χ0n) is 9.05. The average molecular weight is 225 g/mol. The van der Waals surface area contributed by atoms with E-state index in [1.54, 1.807) is 12.1 Å². The van der Waals surface area contributed by atoms with Gasteiger partial charge in [-0.2, -0.15) is 0 Å². The summed E-state index contributed by atoms with van der Waals surface area (Å²) in [7, 11) is 0. The lowest BCUT2D eigenvalue weighted by molar-refractivity contribution is 0.0995. The van der Waals surface area contributed by atoms with E-state index >= 15 is 0 Å². The molecular weight excluding hydrogens is 214 g/mol. The molecule has 0 fully saturated rings. The molecule has 0 saturated heterocycles. The number of aliphatic hydroxyl groups is 1. The molecule has 1 unspecified atom stereocenters. The van der Waals surface area contributed by atoms with Crippen LogP contribution in [0.4, 0.5) is 0 Å². The van der Waals surface area contributed by atoms with Gasteiger partial charge in [-0.25, -0.2) is 0 Å². The number of hydrogen-bond donors (Lipinski definition) is 2. The second-order valence-corrected chi connectivity index (χ2v) is 4.12. The minimum atomic E-state index is -0.759. The van der Waals surface area contributed by atoms with Gasteiger partial charge < -0.3 is 10.8 Å². The Morgan fingerprint density at radius 3 is 2.53 bits per heavy atom. The number of benzene rings is 2. The summed E-state index contributed by atoms with van der Waals surface area (Å²) in [6.45, 7) is 0. The summed E-state index contributed by atoms with van der Waals surface area (Å²) in [5.41, 5.74) is 9.05. The van der Waals surface area contributed by atoms with E-state index in [-0.39, 0.29) is 0 Å². The lowest BCUT2D eigenvalue weighted by Crippen LogP contribution is -2.14. The molecular formula is C14H11NO2. The molecule has 2 aromatic carbocycles. The maximum Gasteiger partial charge on any atom is 0.249 e. The van der Waals surface area contributed by atoms with Gasteiger partial charge in [0.2, 0.25) is 5.91 Å². The molecule has 0 spiro atoms. The Morgan fingerprint density at radius 2 is 1.76 bits per heavy atom. The lowest BCUT2D eigenvalue weighted by atomic mass is 10.00. The van der Waals surface area contributed by atoms with Crippen LogP contribution in [0.3, 0.4) is 0 Å². The largest absolute Gasteiger partial charge is 0.384 e. The summed E-state index contributed by atoms with van der Waals surface area (Å²) in [6, 6.07) is 12.9. The van der Waals surface area contributed by atoms with Crippen LogP contribution >= 0.6 is 0 Å². The van der Waals surface area contributed by atoms with Crippen molar-refractivity contribution in [2.75, 3.05) is 0 Å². The maximum absolute atomic E-state index is 11.4. The minimum absolute atomic E-state index is 0.395. The van der Waals surface area contributed by atoms with Gasteiger partial charge in [0.15, 0.2) is 0 Å². The zero-order chi connectivity index (χ0) is 12.0. The standard InChI is InChI=1S/C14H11NO2/c15-14(17)11-7-3-6-9-8-4-1-2-5-10(8)13(16)12(9)11/h1-7,13,16H,(H2,15,17). The van der Waals surface area contributed by atoms with Gasteiger partial charge in [-0.05, 0) is 22.8 Å². The maximum atomic E-state index is 11.4. The van der Waals surface area contributed by atoms with Crippen molar-refractivity contribution in [1.29, 1.82) is 0 Å². The molecule has 1 amide bonds. The highest BCUT2D eigenvalue weighted by Crippen LogP contribution is 2.44. The number of primary amides is 1. The molecule has 0 saturated carbocycles. The van der Waals surface area contributed by atoms with E-state index < -0.39 is 12.0 Å². The van der Waals surface area contributed by atoms with Gasteiger partial charge in [0.25, 0.3) is 0 Å². The first kappa shape index (κ1) is 10.1. The number of amides is 1. The number of fused-ring (bicyclic) bond motifs is 3. The van der Waals surface area contributed by atoms with Crippen LogP contribution < -0.4 is 5.73 Å². The van der Waals surface area contributed by atoms with Gasteiger partial charge in [0, 0.05) is 11.1 Å². The quantitative estimate of drug-likeness (QED) is 0.777. The molecule has 84 valence electrons. The van der Waals surface area contributed by atoms with Crippen molar-refractivity contribution in [2.24, 2.45) is 5.73 Å². The fourth-order valence-corrected chi connectivity index (χ4v) is 2.45. The summed E-state index contributed by atoms with van der Waals surface area (Å²) in [6.07, 6.45) is -0.759. The van der Waals surface area contributed by atoms with E-state index in [1.807, 2.05) is 30.3 Å². The summed E-state index contributed by atoms with van der Waals surface area (Å²) in [4.78, 5) is 11.4. The van der Waals surface area contributed by atoms with Crippen LogP contribution in [0.25, 0.3) is 11.1 Å². The third-order valence-electron chi connectivity index (χ3n) is 3.19. The molecule has 2 aromatic rings.